The zero-order valence-corrected chi connectivity index (χ0v) is 16.8. The Balaban J connectivity index is 0.00000124. The van der Waals surface area contributed by atoms with Crippen LogP contribution in [-0.4, -0.2) is 15.3 Å². The van der Waals surface area contributed by atoms with E-state index in [1.165, 1.54) is 24.3 Å². The number of nitrogens with one attached hydrogen (secondary N) is 1. The smallest absolute Gasteiger partial charge is 0.164 e. The lowest BCUT2D eigenvalue weighted by molar-refractivity contribution is 0.432. The summed E-state index contributed by atoms with van der Waals surface area (Å²) in [5.74, 6) is -0.826. The second kappa shape index (κ2) is 9.69. The van der Waals surface area contributed by atoms with Crippen LogP contribution in [0.4, 0.5) is 20.3 Å². The quantitative estimate of drug-likeness (QED) is 0.401. The molecule has 0 saturated carbocycles. The van der Waals surface area contributed by atoms with Crippen molar-refractivity contribution in [2.45, 2.75) is 20.4 Å². The van der Waals surface area contributed by atoms with Crippen molar-refractivity contribution in [1.29, 1.82) is 0 Å². The van der Waals surface area contributed by atoms with Gasteiger partial charge in [-0.05, 0) is 47.5 Å². The van der Waals surface area contributed by atoms with Gasteiger partial charge in [0.1, 0.15) is 5.82 Å². The maximum absolute atomic E-state index is 13.5. The van der Waals surface area contributed by atoms with Crippen molar-refractivity contribution in [2.75, 3.05) is 4.90 Å². The number of rotatable bonds is 5. The number of hydrogen-bond acceptors (Lipinski definition) is 3. The molecule has 4 rings (SSSR count). The van der Waals surface area contributed by atoms with Crippen LogP contribution in [-0.2, 0) is 6.54 Å². The fourth-order valence-corrected chi connectivity index (χ4v) is 2.97. The molecule has 2 N–H and O–H groups in total. The molecule has 0 bridgehead atoms. The van der Waals surface area contributed by atoms with E-state index in [0.29, 0.717) is 18.1 Å². The Labute approximate surface area is 174 Å². The van der Waals surface area contributed by atoms with Gasteiger partial charge in [0.2, 0.25) is 0 Å². The molecule has 0 atom stereocenters. The third-order valence-electron chi connectivity index (χ3n) is 4.42. The molecule has 0 spiro atoms. The van der Waals surface area contributed by atoms with E-state index in [0.717, 1.165) is 16.8 Å². The fourth-order valence-electron chi connectivity index (χ4n) is 2.97. The van der Waals surface area contributed by atoms with Crippen molar-refractivity contribution in [2.24, 2.45) is 0 Å². The summed E-state index contributed by atoms with van der Waals surface area (Å²) in [6.07, 6.45) is 0. The molecule has 3 aromatic carbocycles. The summed E-state index contributed by atoms with van der Waals surface area (Å²) >= 11 is 0. The highest BCUT2D eigenvalue weighted by atomic mass is 19.1. The molecule has 0 aliphatic rings. The van der Waals surface area contributed by atoms with Gasteiger partial charge in [-0.1, -0.05) is 44.2 Å². The number of phenols is 1. The lowest BCUT2D eigenvalue weighted by Crippen LogP contribution is -2.16. The average molecular weight is 407 g/mol. The highest BCUT2D eigenvalue weighted by Crippen LogP contribution is 2.32. The molecule has 30 heavy (non-hydrogen) atoms. The number of nitrogens with zero attached hydrogens (tertiary/aromatic N) is 2. The van der Waals surface area contributed by atoms with Gasteiger partial charge in [-0.15, -0.1) is 0 Å². The Hall–Kier alpha value is -3.67. The molecule has 0 aliphatic heterocycles. The van der Waals surface area contributed by atoms with Gasteiger partial charge in [0, 0.05) is 24.4 Å². The van der Waals surface area contributed by atoms with Gasteiger partial charge < -0.3 is 10.0 Å². The van der Waals surface area contributed by atoms with E-state index >= 15 is 0 Å². The Bertz CT molecular complexity index is 1080. The van der Waals surface area contributed by atoms with Crippen LogP contribution in [0.1, 0.15) is 19.4 Å². The monoisotopic (exact) mass is 407 g/mol. The fraction of sp³-hybridized carbons (Fsp3) is 0.125. The first kappa shape index (κ1) is 21.0. The number of halogens is 2. The molecular formula is C24H23F2N3O. The Morgan fingerprint density at radius 3 is 2.27 bits per heavy atom. The number of H-pyrrole nitrogens is 1. The second-order valence-corrected chi connectivity index (χ2v) is 6.35. The highest BCUT2D eigenvalue weighted by Gasteiger charge is 2.16. The minimum Gasteiger partial charge on any atom is -0.505 e. The van der Waals surface area contributed by atoms with E-state index in [9.17, 15) is 13.9 Å². The topological polar surface area (TPSA) is 52.1 Å². The third kappa shape index (κ3) is 4.84. The lowest BCUT2D eigenvalue weighted by atomic mass is 10.1. The van der Waals surface area contributed by atoms with Crippen molar-refractivity contribution < 1.29 is 13.9 Å². The molecule has 0 fully saturated rings. The predicted octanol–water partition coefficient (Wildman–Crippen LogP) is 6.43. The number of anilines is 2. The van der Waals surface area contributed by atoms with Crippen LogP contribution < -0.4 is 4.90 Å². The van der Waals surface area contributed by atoms with Gasteiger partial charge >= 0.3 is 0 Å². The molecule has 0 saturated heterocycles. The van der Waals surface area contributed by atoms with Crippen LogP contribution >= 0.6 is 0 Å². The van der Waals surface area contributed by atoms with Gasteiger partial charge in [0.15, 0.2) is 17.4 Å². The first-order valence-corrected chi connectivity index (χ1v) is 9.71. The average Bonchev–Trinajstić information content (AvgIpc) is 3.27. The first-order valence-electron chi connectivity index (χ1n) is 9.71. The van der Waals surface area contributed by atoms with Crippen molar-refractivity contribution in [3.05, 3.63) is 96.1 Å². The predicted molar refractivity (Wildman–Crippen MR) is 116 cm³/mol. The molecule has 6 heteroatoms. The Morgan fingerprint density at radius 2 is 1.60 bits per heavy atom. The van der Waals surface area contributed by atoms with Crippen LogP contribution in [0, 0.1) is 11.6 Å². The van der Waals surface area contributed by atoms with E-state index in [-0.39, 0.29) is 5.82 Å². The third-order valence-corrected chi connectivity index (χ3v) is 4.42. The second-order valence-electron chi connectivity index (χ2n) is 6.35. The minimum absolute atomic E-state index is 0.309. The first-order chi connectivity index (χ1) is 14.6. The molecule has 0 amide bonds. The van der Waals surface area contributed by atoms with Crippen LogP contribution in [0.3, 0.4) is 0 Å². The summed E-state index contributed by atoms with van der Waals surface area (Å²) in [4.78, 5) is 1.86. The van der Waals surface area contributed by atoms with Crippen LogP contribution in [0.25, 0.3) is 11.3 Å². The van der Waals surface area contributed by atoms with Gasteiger partial charge in [-0.3, -0.25) is 5.10 Å². The number of phenolic OH excluding ortho intramolecular Hbond substituents is 1. The molecular weight excluding hydrogens is 384 g/mol. The van der Waals surface area contributed by atoms with Crippen LogP contribution in [0.5, 0.6) is 5.75 Å². The maximum Gasteiger partial charge on any atom is 0.164 e. The summed E-state index contributed by atoms with van der Waals surface area (Å²) in [6, 6.07) is 21.9. The molecule has 154 valence electrons. The van der Waals surface area contributed by atoms with E-state index in [1.807, 2.05) is 55.1 Å². The Kier molecular flexibility index (Phi) is 6.80. The number of aromatic hydroxyl groups is 1. The molecule has 0 radical (unpaired) electrons. The molecule has 4 aromatic rings. The molecule has 4 nitrogen and oxygen atoms in total. The van der Waals surface area contributed by atoms with E-state index < -0.39 is 11.6 Å². The van der Waals surface area contributed by atoms with Gasteiger partial charge in [-0.2, -0.15) is 5.10 Å². The van der Waals surface area contributed by atoms with Gasteiger partial charge in [-0.25, -0.2) is 8.78 Å². The Morgan fingerprint density at radius 1 is 0.900 bits per heavy atom. The van der Waals surface area contributed by atoms with E-state index in [4.69, 9.17) is 0 Å². The number of benzene rings is 3. The summed E-state index contributed by atoms with van der Waals surface area (Å²) in [5, 5.41) is 17.1. The van der Waals surface area contributed by atoms with Crippen molar-refractivity contribution in [3.63, 3.8) is 0 Å². The highest BCUT2D eigenvalue weighted by molar-refractivity contribution is 5.68. The van der Waals surface area contributed by atoms with E-state index in [1.54, 1.807) is 18.2 Å². The summed E-state index contributed by atoms with van der Waals surface area (Å²) in [7, 11) is 0. The van der Waals surface area contributed by atoms with Crippen LogP contribution in [0.2, 0.25) is 0 Å². The maximum atomic E-state index is 13.5. The van der Waals surface area contributed by atoms with E-state index in [2.05, 4.69) is 10.2 Å². The van der Waals surface area contributed by atoms with Gasteiger partial charge in [0.25, 0.3) is 0 Å². The summed E-state index contributed by atoms with van der Waals surface area (Å²) < 4.78 is 26.7. The normalized spacial score (nSPS) is 10.3. The molecule has 0 unspecified atom stereocenters. The zero-order chi connectivity index (χ0) is 21.5. The zero-order valence-electron chi connectivity index (χ0n) is 16.8. The lowest BCUT2D eigenvalue weighted by Gasteiger charge is -2.22. The SMILES string of the molecule is CC.Oc1cc(N(Cc2ccccc2)c2cc(-c3ccc(F)cc3)[nH]n2)ccc1F. The van der Waals surface area contributed by atoms with Crippen molar-refractivity contribution in [3.8, 4) is 17.0 Å². The minimum atomic E-state index is -0.683. The van der Waals surface area contributed by atoms with Crippen molar-refractivity contribution in [1.82, 2.24) is 10.2 Å². The number of aromatic nitrogens is 2. The van der Waals surface area contributed by atoms with Gasteiger partial charge in [0.05, 0.1) is 5.69 Å². The number of aromatic amines is 1. The summed E-state index contributed by atoms with van der Waals surface area (Å²) in [5.41, 5.74) is 3.14. The molecule has 1 aromatic heterocycles. The standard InChI is InChI=1S/C22H17F2N3O.C2H6/c23-17-8-6-16(7-9-17)20-13-22(26-25-20)27(14-15-4-2-1-3-5-15)18-10-11-19(24)21(28)12-18;1-2/h1-13,28H,14H2,(H,25,26);1-2H3. The van der Waals surface area contributed by atoms with Crippen LogP contribution in [0.15, 0.2) is 78.9 Å². The molecule has 1 heterocycles. The summed E-state index contributed by atoms with van der Waals surface area (Å²) in [6.45, 7) is 4.47. The largest absolute Gasteiger partial charge is 0.505 e. The molecule has 0 aliphatic carbocycles. The van der Waals surface area contributed by atoms with Crippen molar-refractivity contribution >= 4 is 11.5 Å². The number of hydrogen-bond donors (Lipinski definition) is 2.